The fraction of sp³-hybridized carbons (Fsp3) is 0.269. The number of nitrogens with one attached hydrogen (secondary N) is 1. The largest absolute Gasteiger partial charge is 0.456 e. The summed E-state index contributed by atoms with van der Waals surface area (Å²) < 4.78 is 8.08. The molecule has 35 heavy (non-hydrogen) atoms. The molecule has 0 atom stereocenters. The molecule has 9 heteroatoms. The zero-order valence-electron chi connectivity index (χ0n) is 19.0. The third-order valence-corrected chi connectivity index (χ3v) is 7.54. The number of ketones is 1. The highest BCUT2D eigenvalue weighted by Crippen LogP contribution is 2.58. The Balaban J connectivity index is 1.16. The highest BCUT2D eigenvalue weighted by molar-refractivity contribution is 6.36. The standard InChI is InChI=1S/C26H21ClN6O2/c1-14-30-19-3-2-18(6-21(19)31-14)35-23-5-4-20-25(24(23)27)32-22(12-28-20)15-11-29-33(13-15)16-7-26(8-16)9-17(34)10-26/h2-6,11-13,16H,7-10H2,1H3,(H,30,31). The Morgan fingerprint density at radius 1 is 1.11 bits per heavy atom. The van der Waals surface area contributed by atoms with Crippen molar-refractivity contribution in [2.24, 2.45) is 5.41 Å². The lowest BCUT2D eigenvalue weighted by Gasteiger charge is -2.52. The van der Waals surface area contributed by atoms with Gasteiger partial charge in [0.2, 0.25) is 0 Å². The molecule has 0 aliphatic heterocycles. The van der Waals surface area contributed by atoms with Crippen LogP contribution in [0.3, 0.4) is 0 Å². The van der Waals surface area contributed by atoms with E-state index in [1.807, 2.05) is 48.3 Å². The SMILES string of the molecule is Cc1nc2ccc(Oc3ccc4ncc(-c5cnn(C6CC7(CC(=O)C7)C6)c5)nc4c3Cl)cc2[nH]1. The van der Waals surface area contributed by atoms with Gasteiger partial charge in [-0.2, -0.15) is 5.10 Å². The van der Waals surface area contributed by atoms with Gasteiger partial charge >= 0.3 is 0 Å². The number of imidazole rings is 1. The van der Waals surface area contributed by atoms with Crippen LogP contribution >= 0.6 is 11.6 Å². The van der Waals surface area contributed by atoms with Crippen molar-refractivity contribution in [1.29, 1.82) is 0 Å². The fourth-order valence-corrected chi connectivity index (χ4v) is 5.66. The van der Waals surface area contributed by atoms with Gasteiger partial charge in [0.25, 0.3) is 0 Å². The van der Waals surface area contributed by atoms with E-state index in [0.29, 0.717) is 45.1 Å². The van der Waals surface area contributed by atoms with Crippen molar-refractivity contribution < 1.29 is 9.53 Å². The molecule has 0 unspecified atom stereocenters. The number of carbonyl (C=O) groups excluding carboxylic acids is 1. The Hall–Kier alpha value is -3.78. The van der Waals surface area contributed by atoms with E-state index in [1.54, 1.807) is 12.3 Å². The molecule has 0 saturated heterocycles. The van der Waals surface area contributed by atoms with Crippen molar-refractivity contribution >= 4 is 39.5 Å². The molecule has 7 rings (SSSR count). The molecule has 0 bridgehead atoms. The van der Waals surface area contributed by atoms with E-state index in [0.717, 1.165) is 48.1 Å². The number of Topliss-reactive ketones (excluding diaryl/α,β-unsaturated/α-hetero) is 1. The number of nitrogens with zero attached hydrogens (tertiary/aromatic N) is 5. The van der Waals surface area contributed by atoms with Gasteiger partial charge in [0, 0.05) is 30.7 Å². The zero-order valence-corrected chi connectivity index (χ0v) is 19.7. The maximum atomic E-state index is 11.4. The summed E-state index contributed by atoms with van der Waals surface area (Å²) in [5.41, 5.74) is 4.86. The summed E-state index contributed by atoms with van der Waals surface area (Å²) in [4.78, 5) is 28.4. The summed E-state index contributed by atoms with van der Waals surface area (Å²) in [6.07, 6.45) is 9.03. The Kier molecular flexibility index (Phi) is 4.33. The lowest BCUT2D eigenvalue weighted by Crippen LogP contribution is -2.48. The van der Waals surface area contributed by atoms with Crippen LogP contribution in [0.5, 0.6) is 11.5 Å². The van der Waals surface area contributed by atoms with Crippen LogP contribution in [0.1, 0.15) is 37.5 Å². The van der Waals surface area contributed by atoms with Crippen molar-refractivity contribution in [2.75, 3.05) is 0 Å². The number of H-pyrrole nitrogens is 1. The zero-order chi connectivity index (χ0) is 23.7. The molecule has 5 aromatic rings. The van der Waals surface area contributed by atoms with Crippen LogP contribution in [0.2, 0.25) is 5.02 Å². The Labute approximate surface area is 205 Å². The van der Waals surface area contributed by atoms with Gasteiger partial charge in [-0.25, -0.2) is 9.97 Å². The van der Waals surface area contributed by atoms with Gasteiger partial charge in [-0.05, 0) is 49.4 Å². The van der Waals surface area contributed by atoms with Crippen LogP contribution in [0, 0.1) is 12.3 Å². The van der Waals surface area contributed by atoms with Gasteiger partial charge < -0.3 is 9.72 Å². The predicted octanol–water partition coefficient (Wildman–Crippen LogP) is 5.81. The molecule has 0 radical (unpaired) electrons. The van der Waals surface area contributed by atoms with Crippen LogP contribution in [-0.4, -0.2) is 35.5 Å². The third kappa shape index (κ3) is 3.39. The molecular formula is C26H21ClN6O2. The van der Waals surface area contributed by atoms with Gasteiger partial charge in [-0.15, -0.1) is 0 Å². The lowest BCUT2D eigenvalue weighted by atomic mass is 9.53. The van der Waals surface area contributed by atoms with Crippen LogP contribution in [0.4, 0.5) is 0 Å². The summed E-state index contributed by atoms with van der Waals surface area (Å²) in [6, 6.07) is 9.66. The summed E-state index contributed by atoms with van der Waals surface area (Å²) in [5, 5.41) is 4.96. The molecule has 1 spiro atoms. The van der Waals surface area contributed by atoms with Crippen LogP contribution in [0.25, 0.3) is 33.3 Å². The number of ether oxygens (including phenoxy) is 1. The number of aromatic nitrogens is 6. The van der Waals surface area contributed by atoms with Crippen LogP contribution in [-0.2, 0) is 4.79 Å². The first-order valence-corrected chi connectivity index (χ1v) is 12.0. The summed E-state index contributed by atoms with van der Waals surface area (Å²) in [7, 11) is 0. The highest BCUT2D eigenvalue weighted by atomic mass is 35.5. The number of carbonyl (C=O) groups is 1. The van der Waals surface area contributed by atoms with Gasteiger partial charge in [0.1, 0.15) is 33.6 Å². The number of fused-ring (bicyclic) bond motifs is 2. The molecule has 3 aromatic heterocycles. The second-order valence-corrected chi connectivity index (χ2v) is 10.1. The molecule has 2 saturated carbocycles. The van der Waals surface area contributed by atoms with E-state index < -0.39 is 0 Å². The van der Waals surface area contributed by atoms with Crippen molar-refractivity contribution in [1.82, 2.24) is 29.7 Å². The van der Waals surface area contributed by atoms with E-state index >= 15 is 0 Å². The minimum absolute atomic E-state index is 0.237. The second kappa shape index (κ2) is 7.36. The second-order valence-electron chi connectivity index (χ2n) is 9.77. The number of halogens is 1. The summed E-state index contributed by atoms with van der Waals surface area (Å²) in [6.45, 7) is 1.92. The van der Waals surface area contributed by atoms with Crippen molar-refractivity contribution in [3.05, 3.63) is 59.8 Å². The van der Waals surface area contributed by atoms with E-state index in [4.69, 9.17) is 21.3 Å². The maximum Gasteiger partial charge on any atom is 0.148 e. The van der Waals surface area contributed by atoms with Crippen LogP contribution < -0.4 is 4.74 Å². The number of aromatic amines is 1. The number of rotatable bonds is 4. The molecule has 2 fully saturated rings. The molecular weight excluding hydrogens is 464 g/mol. The van der Waals surface area contributed by atoms with Gasteiger partial charge in [-0.3, -0.25) is 14.5 Å². The average Bonchev–Trinajstić information content (AvgIpc) is 3.43. The van der Waals surface area contributed by atoms with Crippen molar-refractivity contribution in [2.45, 2.75) is 38.6 Å². The lowest BCUT2D eigenvalue weighted by molar-refractivity contribution is -0.141. The van der Waals surface area contributed by atoms with Gasteiger partial charge in [0.05, 0.1) is 40.7 Å². The number of hydrogen-bond acceptors (Lipinski definition) is 6. The summed E-state index contributed by atoms with van der Waals surface area (Å²) >= 11 is 6.73. The molecule has 2 aliphatic rings. The first-order chi connectivity index (χ1) is 16.9. The van der Waals surface area contributed by atoms with Gasteiger partial charge in [0.15, 0.2) is 0 Å². The van der Waals surface area contributed by atoms with Crippen LogP contribution in [0.15, 0.2) is 48.9 Å². The monoisotopic (exact) mass is 484 g/mol. The highest BCUT2D eigenvalue weighted by Gasteiger charge is 2.53. The Morgan fingerprint density at radius 2 is 1.94 bits per heavy atom. The molecule has 1 N–H and O–H groups in total. The van der Waals surface area contributed by atoms with E-state index in [9.17, 15) is 4.79 Å². The predicted molar refractivity (Wildman–Crippen MR) is 132 cm³/mol. The topological polar surface area (TPSA) is 98.6 Å². The normalized spacial score (nSPS) is 17.1. The third-order valence-electron chi connectivity index (χ3n) is 7.17. The minimum atomic E-state index is 0.237. The minimum Gasteiger partial charge on any atom is -0.456 e. The Morgan fingerprint density at radius 3 is 2.77 bits per heavy atom. The number of hydrogen-bond donors (Lipinski definition) is 1. The quantitative estimate of drug-likeness (QED) is 0.345. The summed E-state index contributed by atoms with van der Waals surface area (Å²) in [5.74, 6) is 2.39. The van der Waals surface area contributed by atoms with Gasteiger partial charge in [-0.1, -0.05) is 11.6 Å². The first kappa shape index (κ1) is 20.6. The smallest absolute Gasteiger partial charge is 0.148 e. The van der Waals surface area contributed by atoms with Crippen molar-refractivity contribution in [3.8, 4) is 22.8 Å². The first-order valence-electron chi connectivity index (χ1n) is 11.6. The number of benzene rings is 2. The van der Waals surface area contributed by atoms with E-state index in [1.165, 1.54) is 0 Å². The molecule has 8 nitrogen and oxygen atoms in total. The molecule has 2 aliphatic carbocycles. The molecule has 174 valence electrons. The van der Waals surface area contributed by atoms with Crippen molar-refractivity contribution in [3.63, 3.8) is 0 Å². The fourth-order valence-electron chi connectivity index (χ4n) is 5.42. The van der Waals surface area contributed by atoms with E-state index in [2.05, 4.69) is 20.1 Å². The molecule has 0 amide bonds. The molecule has 3 heterocycles. The maximum absolute atomic E-state index is 11.4. The number of aryl methyl sites for hydroxylation is 1. The average molecular weight is 485 g/mol. The Bertz CT molecular complexity index is 1640. The van der Waals surface area contributed by atoms with E-state index in [-0.39, 0.29) is 5.41 Å². The molecule has 2 aromatic carbocycles.